The highest BCUT2D eigenvalue weighted by atomic mass is 16.7. The Morgan fingerprint density at radius 3 is 3.13 bits per heavy atom. The summed E-state index contributed by atoms with van der Waals surface area (Å²) in [6.45, 7) is 1.97. The van der Waals surface area contributed by atoms with E-state index in [0.29, 0.717) is 6.61 Å². The van der Waals surface area contributed by atoms with Gasteiger partial charge in [-0.2, -0.15) is 0 Å². The van der Waals surface area contributed by atoms with E-state index in [1.165, 1.54) is 6.92 Å². The van der Waals surface area contributed by atoms with Gasteiger partial charge >= 0.3 is 5.97 Å². The Labute approximate surface area is 87.8 Å². The van der Waals surface area contributed by atoms with Crippen molar-refractivity contribution in [3.05, 3.63) is 29.8 Å². The van der Waals surface area contributed by atoms with Gasteiger partial charge in [-0.1, -0.05) is 18.2 Å². The second-order valence-electron chi connectivity index (χ2n) is 3.27. The number of hydrogen-bond donors (Lipinski definition) is 0. The summed E-state index contributed by atoms with van der Waals surface area (Å²) >= 11 is 0. The van der Waals surface area contributed by atoms with Gasteiger partial charge in [0.2, 0.25) is 6.29 Å². The molecule has 4 heteroatoms. The van der Waals surface area contributed by atoms with Crippen molar-refractivity contribution in [2.75, 3.05) is 6.61 Å². The molecule has 0 saturated carbocycles. The molecule has 0 N–H and O–H groups in total. The van der Waals surface area contributed by atoms with Gasteiger partial charge < -0.3 is 14.2 Å². The third-order valence-electron chi connectivity index (χ3n) is 2.08. The molecule has 2 rings (SSSR count). The molecule has 0 fully saturated rings. The molecule has 0 radical (unpaired) electrons. The maximum atomic E-state index is 10.6. The fourth-order valence-electron chi connectivity index (χ4n) is 1.36. The van der Waals surface area contributed by atoms with Crippen LogP contribution in [0.15, 0.2) is 24.3 Å². The molecule has 1 aliphatic rings. The molecule has 0 aliphatic carbocycles. The van der Waals surface area contributed by atoms with Gasteiger partial charge in [0.1, 0.15) is 5.75 Å². The molecule has 0 saturated heterocycles. The highest BCUT2D eigenvalue weighted by Gasteiger charge is 2.20. The molecule has 0 bridgehead atoms. The topological polar surface area (TPSA) is 44.8 Å². The summed E-state index contributed by atoms with van der Waals surface area (Å²) in [7, 11) is 0. The average molecular weight is 208 g/mol. The normalized spacial score (nSPS) is 18.9. The summed E-state index contributed by atoms with van der Waals surface area (Å²) in [6, 6.07) is 7.64. The van der Waals surface area contributed by atoms with E-state index in [1.54, 1.807) is 0 Å². The molecule has 1 heterocycles. The maximum absolute atomic E-state index is 10.6. The molecule has 1 aliphatic heterocycles. The first kappa shape index (κ1) is 9.98. The first-order valence-corrected chi connectivity index (χ1v) is 4.75. The van der Waals surface area contributed by atoms with Gasteiger partial charge in [-0.15, -0.1) is 0 Å². The van der Waals surface area contributed by atoms with Crippen molar-refractivity contribution in [3.8, 4) is 5.75 Å². The fourth-order valence-corrected chi connectivity index (χ4v) is 1.36. The van der Waals surface area contributed by atoms with Gasteiger partial charge in [0.25, 0.3) is 0 Å². The van der Waals surface area contributed by atoms with Crippen LogP contribution in [-0.2, 0) is 20.9 Å². The zero-order valence-corrected chi connectivity index (χ0v) is 8.43. The number of hydrogen-bond acceptors (Lipinski definition) is 4. The van der Waals surface area contributed by atoms with Crippen LogP contribution in [0.5, 0.6) is 5.75 Å². The van der Waals surface area contributed by atoms with Crippen LogP contribution in [0.2, 0.25) is 0 Å². The third kappa shape index (κ3) is 2.47. The van der Waals surface area contributed by atoms with Gasteiger partial charge in [0, 0.05) is 12.5 Å². The minimum atomic E-state index is -0.496. The van der Waals surface area contributed by atoms with E-state index >= 15 is 0 Å². The van der Waals surface area contributed by atoms with Crippen molar-refractivity contribution in [1.29, 1.82) is 0 Å². The van der Waals surface area contributed by atoms with Gasteiger partial charge in [0.15, 0.2) is 6.61 Å². The number of rotatable bonds is 2. The van der Waals surface area contributed by atoms with Crippen molar-refractivity contribution < 1.29 is 19.0 Å². The van der Waals surface area contributed by atoms with Crippen molar-refractivity contribution in [1.82, 2.24) is 0 Å². The molecule has 80 valence electrons. The molecule has 1 atom stereocenters. The smallest absolute Gasteiger partial charge is 0.302 e. The zero-order chi connectivity index (χ0) is 10.7. The Morgan fingerprint density at radius 2 is 2.33 bits per heavy atom. The van der Waals surface area contributed by atoms with Gasteiger partial charge in [0.05, 0.1) is 6.61 Å². The van der Waals surface area contributed by atoms with Crippen LogP contribution < -0.4 is 4.74 Å². The SMILES string of the molecule is CC(=O)OCC1OCc2ccccc2O1. The molecule has 1 aromatic rings. The number of benzene rings is 1. The van der Waals surface area contributed by atoms with Crippen LogP contribution in [0.4, 0.5) is 0 Å². The Kier molecular flexibility index (Phi) is 2.87. The van der Waals surface area contributed by atoms with E-state index < -0.39 is 6.29 Å². The summed E-state index contributed by atoms with van der Waals surface area (Å²) in [5.41, 5.74) is 1.01. The van der Waals surface area contributed by atoms with E-state index in [4.69, 9.17) is 14.2 Å². The monoisotopic (exact) mass is 208 g/mol. The van der Waals surface area contributed by atoms with E-state index in [9.17, 15) is 4.79 Å². The minimum Gasteiger partial charge on any atom is -0.461 e. The quantitative estimate of drug-likeness (QED) is 0.690. The minimum absolute atomic E-state index is 0.129. The molecule has 0 amide bonds. The highest BCUT2D eigenvalue weighted by molar-refractivity contribution is 5.65. The van der Waals surface area contributed by atoms with E-state index in [2.05, 4.69) is 0 Å². The first-order chi connectivity index (χ1) is 7.25. The maximum Gasteiger partial charge on any atom is 0.302 e. The molecule has 0 aromatic heterocycles. The number of carbonyl (C=O) groups is 1. The zero-order valence-electron chi connectivity index (χ0n) is 8.43. The number of para-hydroxylation sites is 1. The van der Waals surface area contributed by atoms with E-state index in [-0.39, 0.29) is 12.6 Å². The Bertz CT molecular complexity index is 361. The second kappa shape index (κ2) is 4.31. The predicted octanol–water partition coefficient (Wildman–Crippen LogP) is 1.48. The van der Waals surface area contributed by atoms with Gasteiger partial charge in [-0.05, 0) is 6.07 Å². The van der Waals surface area contributed by atoms with Crippen LogP contribution in [0.25, 0.3) is 0 Å². The summed E-state index contributed by atoms with van der Waals surface area (Å²) in [6.07, 6.45) is -0.496. The lowest BCUT2D eigenvalue weighted by molar-refractivity contribution is -0.165. The first-order valence-electron chi connectivity index (χ1n) is 4.75. The molecule has 0 spiro atoms. The lowest BCUT2D eigenvalue weighted by Gasteiger charge is -2.25. The van der Waals surface area contributed by atoms with Crippen LogP contribution in [0.1, 0.15) is 12.5 Å². The lowest BCUT2D eigenvalue weighted by atomic mass is 10.2. The van der Waals surface area contributed by atoms with E-state index in [0.717, 1.165) is 11.3 Å². The summed E-state index contributed by atoms with van der Waals surface area (Å²) < 4.78 is 15.6. The molecular weight excluding hydrogens is 196 g/mol. The number of fused-ring (bicyclic) bond motifs is 1. The fraction of sp³-hybridized carbons (Fsp3) is 0.364. The van der Waals surface area contributed by atoms with Crippen LogP contribution in [0.3, 0.4) is 0 Å². The number of carbonyl (C=O) groups excluding carboxylic acids is 1. The lowest BCUT2D eigenvalue weighted by Crippen LogP contribution is -2.30. The Hall–Kier alpha value is -1.55. The molecular formula is C11H12O4. The predicted molar refractivity (Wildman–Crippen MR) is 52.3 cm³/mol. The Morgan fingerprint density at radius 1 is 1.53 bits per heavy atom. The highest BCUT2D eigenvalue weighted by Crippen LogP contribution is 2.25. The Balaban J connectivity index is 1.96. The van der Waals surface area contributed by atoms with Crippen molar-refractivity contribution >= 4 is 5.97 Å². The van der Waals surface area contributed by atoms with E-state index in [1.807, 2.05) is 24.3 Å². The van der Waals surface area contributed by atoms with Crippen LogP contribution in [-0.4, -0.2) is 18.9 Å². The van der Waals surface area contributed by atoms with Gasteiger partial charge in [-0.25, -0.2) is 0 Å². The number of ether oxygens (including phenoxy) is 3. The van der Waals surface area contributed by atoms with Crippen LogP contribution >= 0.6 is 0 Å². The summed E-state index contributed by atoms with van der Waals surface area (Å²) in [5, 5.41) is 0. The third-order valence-corrected chi connectivity index (χ3v) is 2.08. The second-order valence-corrected chi connectivity index (χ2v) is 3.27. The number of esters is 1. The van der Waals surface area contributed by atoms with Crippen molar-refractivity contribution in [2.24, 2.45) is 0 Å². The molecule has 4 nitrogen and oxygen atoms in total. The molecule has 15 heavy (non-hydrogen) atoms. The standard InChI is InChI=1S/C11H12O4/c1-8(12)13-7-11-14-6-9-4-2-3-5-10(9)15-11/h2-5,11H,6-7H2,1H3. The van der Waals surface area contributed by atoms with Crippen molar-refractivity contribution in [2.45, 2.75) is 19.8 Å². The largest absolute Gasteiger partial charge is 0.461 e. The summed E-state index contributed by atoms with van der Waals surface area (Å²) in [5.74, 6) is 0.460. The van der Waals surface area contributed by atoms with Crippen molar-refractivity contribution in [3.63, 3.8) is 0 Å². The molecule has 1 aromatic carbocycles. The molecule has 1 unspecified atom stereocenters. The summed E-state index contributed by atoms with van der Waals surface area (Å²) in [4.78, 5) is 10.6. The van der Waals surface area contributed by atoms with Gasteiger partial charge in [-0.3, -0.25) is 4.79 Å². The average Bonchev–Trinajstić information content (AvgIpc) is 2.26. The van der Waals surface area contributed by atoms with Crippen LogP contribution in [0, 0.1) is 0 Å².